The van der Waals surface area contributed by atoms with E-state index in [-0.39, 0.29) is 6.61 Å². The molecule has 0 unspecified atom stereocenters. The number of carbonyl (C=O) groups is 1. The van der Waals surface area contributed by atoms with Crippen LogP contribution in [0.25, 0.3) is 10.9 Å². The number of nitrogens with zero attached hydrogens (tertiary/aromatic N) is 1. The fraction of sp³-hybridized carbons (Fsp3) is 0.167. The molecule has 0 aliphatic rings. The van der Waals surface area contributed by atoms with Crippen molar-refractivity contribution < 1.29 is 14.3 Å². The third-order valence-corrected chi connectivity index (χ3v) is 3.39. The van der Waals surface area contributed by atoms with Crippen molar-refractivity contribution in [3.63, 3.8) is 0 Å². The second-order valence-electron chi connectivity index (χ2n) is 4.85. The third kappa shape index (κ3) is 2.81. The largest absolute Gasteiger partial charge is 0.493 e. The summed E-state index contributed by atoms with van der Waals surface area (Å²) >= 11 is 0. The quantitative estimate of drug-likeness (QED) is 0.723. The zero-order chi connectivity index (χ0) is 15.4. The maximum atomic E-state index is 12.3. The third-order valence-electron chi connectivity index (χ3n) is 3.39. The van der Waals surface area contributed by atoms with E-state index in [1.807, 2.05) is 61.5 Å². The van der Waals surface area contributed by atoms with Gasteiger partial charge in [-0.25, -0.2) is 4.79 Å². The van der Waals surface area contributed by atoms with Crippen LogP contribution >= 0.6 is 0 Å². The van der Waals surface area contributed by atoms with Crippen LogP contribution in [0.15, 0.2) is 60.8 Å². The molecule has 0 radical (unpaired) electrons. The van der Waals surface area contributed by atoms with Gasteiger partial charge in [0.05, 0.1) is 12.1 Å². The molecule has 0 atom stereocenters. The summed E-state index contributed by atoms with van der Waals surface area (Å²) in [6.07, 6.45) is 1.31. The fourth-order valence-electron chi connectivity index (χ4n) is 2.37. The molecule has 0 saturated carbocycles. The number of hydrogen-bond acceptors (Lipinski definition) is 3. The molecule has 1 aromatic heterocycles. The second-order valence-corrected chi connectivity index (χ2v) is 4.85. The first-order valence-electron chi connectivity index (χ1n) is 7.23. The number of hydrogen-bond donors (Lipinski definition) is 0. The van der Waals surface area contributed by atoms with Crippen LogP contribution < -0.4 is 4.74 Å². The first kappa shape index (κ1) is 14.2. The summed E-state index contributed by atoms with van der Waals surface area (Å²) in [5.41, 5.74) is 1.74. The lowest BCUT2D eigenvalue weighted by Gasteiger charge is -2.08. The van der Waals surface area contributed by atoms with Crippen molar-refractivity contribution >= 4 is 17.0 Å². The van der Waals surface area contributed by atoms with Gasteiger partial charge in [0.25, 0.3) is 0 Å². The van der Waals surface area contributed by atoms with E-state index in [1.165, 1.54) is 4.57 Å². The minimum absolute atomic E-state index is 0.254. The van der Waals surface area contributed by atoms with Crippen molar-refractivity contribution in [3.8, 4) is 5.75 Å². The van der Waals surface area contributed by atoms with Gasteiger partial charge < -0.3 is 9.47 Å². The van der Waals surface area contributed by atoms with Gasteiger partial charge in [-0.3, -0.25) is 4.57 Å². The van der Waals surface area contributed by atoms with Crippen LogP contribution in [0.2, 0.25) is 0 Å². The number of fused-ring (bicyclic) bond motifs is 1. The Morgan fingerprint density at radius 3 is 2.64 bits per heavy atom. The highest BCUT2D eigenvalue weighted by Crippen LogP contribution is 2.26. The van der Waals surface area contributed by atoms with E-state index in [9.17, 15) is 4.79 Å². The van der Waals surface area contributed by atoms with Gasteiger partial charge in [-0.1, -0.05) is 36.4 Å². The molecule has 3 rings (SSSR count). The Hall–Kier alpha value is -2.75. The predicted octanol–water partition coefficient (Wildman–Crippen LogP) is 4.22. The molecule has 0 N–H and O–H groups in total. The summed E-state index contributed by atoms with van der Waals surface area (Å²) in [6.45, 7) is 2.77. The van der Waals surface area contributed by atoms with Gasteiger partial charge in [-0.2, -0.15) is 0 Å². The molecule has 0 saturated heterocycles. The van der Waals surface area contributed by atoms with Crippen molar-refractivity contribution in [2.24, 2.45) is 0 Å². The van der Waals surface area contributed by atoms with Crippen molar-refractivity contribution in [1.82, 2.24) is 4.57 Å². The monoisotopic (exact) mass is 295 g/mol. The van der Waals surface area contributed by atoms with Gasteiger partial charge in [-0.15, -0.1) is 0 Å². The minimum atomic E-state index is -0.396. The van der Waals surface area contributed by atoms with Crippen LogP contribution in [0.1, 0.15) is 12.5 Å². The Morgan fingerprint density at radius 2 is 1.86 bits per heavy atom. The average molecular weight is 295 g/mol. The number of ether oxygens (including phenoxy) is 2. The average Bonchev–Trinajstić information content (AvgIpc) is 2.99. The van der Waals surface area contributed by atoms with E-state index in [4.69, 9.17) is 9.47 Å². The van der Waals surface area contributed by atoms with Crippen LogP contribution in [0.3, 0.4) is 0 Å². The molecular weight excluding hydrogens is 278 g/mol. The van der Waals surface area contributed by atoms with Crippen molar-refractivity contribution in [1.29, 1.82) is 0 Å². The molecule has 0 aliphatic carbocycles. The van der Waals surface area contributed by atoms with Crippen LogP contribution in [0.4, 0.5) is 4.79 Å². The van der Waals surface area contributed by atoms with Crippen molar-refractivity contribution in [2.45, 2.75) is 13.5 Å². The minimum Gasteiger partial charge on any atom is -0.493 e. The van der Waals surface area contributed by atoms with E-state index >= 15 is 0 Å². The normalized spacial score (nSPS) is 10.6. The van der Waals surface area contributed by atoms with E-state index in [1.54, 1.807) is 6.20 Å². The van der Waals surface area contributed by atoms with Gasteiger partial charge >= 0.3 is 6.09 Å². The summed E-state index contributed by atoms with van der Waals surface area (Å²) in [4.78, 5) is 12.3. The molecule has 0 bridgehead atoms. The van der Waals surface area contributed by atoms with Gasteiger partial charge in [-0.05, 0) is 30.7 Å². The zero-order valence-electron chi connectivity index (χ0n) is 12.4. The Kier molecular flexibility index (Phi) is 4.10. The van der Waals surface area contributed by atoms with Gasteiger partial charge in [0, 0.05) is 11.6 Å². The van der Waals surface area contributed by atoms with E-state index in [2.05, 4.69) is 0 Å². The number of aromatic nitrogens is 1. The maximum Gasteiger partial charge on any atom is 0.418 e. The van der Waals surface area contributed by atoms with Gasteiger partial charge in [0.1, 0.15) is 12.4 Å². The molecule has 112 valence electrons. The van der Waals surface area contributed by atoms with Crippen LogP contribution in [0, 0.1) is 0 Å². The lowest BCUT2D eigenvalue weighted by molar-refractivity contribution is 0.142. The maximum absolute atomic E-state index is 12.3. The zero-order valence-corrected chi connectivity index (χ0v) is 12.4. The Labute approximate surface area is 128 Å². The number of rotatable bonds is 4. The van der Waals surface area contributed by atoms with Gasteiger partial charge in [0.2, 0.25) is 0 Å². The summed E-state index contributed by atoms with van der Waals surface area (Å²) in [7, 11) is 0. The molecule has 22 heavy (non-hydrogen) atoms. The smallest absolute Gasteiger partial charge is 0.418 e. The summed E-state index contributed by atoms with van der Waals surface area (Å²) < 4.78 is 12.4. The highest BCUT2D eigenvalue weighted by Gasteiger charge is 2.12. The molecular formula is C18H17NO3. The van der Waals surface area contributed by atoms with Crippen molar-refractivity contribution in [2.75, 3.05) is 6.61 Å². The fourth-order valence-corrected chi connectivity index (χ4v) is 2.37. The Balaban J connectivity index is 1.81. The molecule has 0 fully saturated rings. The summed E-state index contributed by atoms with van der Waals surface area (Å²) in [5, 5.41) is 0.904. The standard InChI is InChI=1S/C18H17NO3/c1-2-21-17-10-6-9-16-15(17)11-12-19(16)18(20)22-13-14-7-4-3-5-8-14/h3-12H,2,13H2,1H3. The SMILES string of the molecule is CCOc1cccc2c1ccn2C(=O)OCc1ccccc1. The predicted molar refractivity (Wildman–Crippen MR) is 85.1 cm³/mol. The number of carbonyl (C=O) groups excluding carboxylic acids is 1. The topological polar surface area (TPSA) is 40.5 Å². The molecule has 4 nitrogen and oxygen atoms in total. The Bertz CT molecular complexity index is 777. The summed E-state index contributed by atoms with van der Waals surface area (Å²) in [5.74, 6) is 0.773. The Morgan fingerprint density at radius 1 is 1.05 bits per heavy atom. The van der Waals surface area contributed by atoms with Crippen molar-refractivity contribution in [3.05, 3.63) is 66.4 Å². The lowest BCUT2D eigenvalue weighted by atomic mass is 10.2. The summed E-state index contributed by atoms with van der Waals surface area (Å²) in [6, 6.07) is 17.1. The highest BCUT2D eigenvalue weighted by atomic mass is 16.5. The molecule has 0 spiro atoms. The first-order chi connectivity index (χ1) is 10.8. The van der Waals surface area contributed by atoms with E-state index in [0.29, 0.717) is 6.61 Å². The van der Waals surface area contributed by atoms with E-state index < -0.39 is 6.09 Å². The first-order valence-corrected chi connectivity index (χ1v) is 7.23. The molecule has 2 aromatic carbocycles. The van der Waals surface area contributed by atoms with E-state index in [0.717, 1.165) is 22.2 Å². The molecule has 1 heterocycles. The number of benzene rings is 2. The lowest BCUT2D eigenvalue weighted by Crippen LogP contribution is -2.12. The van der Waals surface area contributed by atoms with Crippen LogP contribution in [0.5, 0.6) is 5.75 Å². The second kappa shape index (κ2) is 6.35. The molecule has 4 heteroatoms. The van der Waals surface area contributed by atoms with Crippen LogP contribution in [-0.4, -0.2) is 17.3 Å². The van der Waals surface area contributed by atoms with Crippen LogP contribution in [-0.2, 0) is 11.3 Å². The van der Waals surface area contributed by atoms with Gasteiger partial charge in [0.15, 0.2) is 0 Å². The molecule has 0 aliphatic heterocycles. The molecule has 0 amide bonds. The molecule has 3 aromatic rings. The highest BCUT2D eigenvalue weighted by molar-refractivity contribution is 5.93.